The summed E-state index contributed by atoms with van der Waals surface area (Å²) in [5.41, 5.74) is 4.63. The lowest BCUT2D eigenvalue weighted by Crippen LogP contribution is -2.50. The summed E-state index contributed by atoms with van der Waals surface area (Å²) >= 11 is 0. The SMILES string of the molecule is NC(=O)[C@]12CC[C@H](CC1(O)c1ccccc1)C2. The van der Waals surface area contributed by atoms with Crippen LogP contribution in [0.4, 0.5) is 0 Å². The van der Waals surface area contributed by atoms with E-state index in [1.807, 2.05) is 30.3 Å². The van der Waals surface area contributed by atoms with Crippen molar-refractivity contribution in [2.75, 3.05) is 0 Å². The minimum absolute atomic E-state index is 0.344. The summed E-state index contributed by atoms with van der Waals surface area (Å²) < 4.78 is 0. The summed E-state index contributed by atoms with van der Waals surface area (Å²) in [5.74, 6) is 0.0940. The normalized spacial score (nSPS) is 39.5. The van der Waals surface area contributed by atoms with Gasteiger partial charge >= 0.3 is 0 Å². The molecule has 3 atom stereocenters. The van der Waals surface area contributed by atoms with E-state index in [2.05, 4.69) is 0 Å². The minimum Gasteiger partial charge on any atom is -0.384 e. The average Bonchev–Trinajstić information content (AvgIpc) is 2.87. The van der Waals surface area contributed by atoms with Crippen LogP contribution in [0.3, 0.4) is 0 Å². The molecule has 17 heavy (non-hydrogen) atoms. The highest BCUT2D eigenvalue weighted by molar-refractivity contribution is 5.83. The fourth-order valence-electron chi connectivity index (χ4n) is 3.85. The maximum Gasteiger partial charge on any atom is 0.226 e. The summed E-state index contributed by atoms with van der Waals surface area (Å²) in [5, 5.41) is 11.0. The van der Waals surface area contributed by atoms with Crippen LogP contribution in [0.1, 0.15) is 31.2 Å². The maximum absolute atomic E-state index is 11.8. The standard InChI is InChI=1S/C14H17NO2/c15-12(16)13-7-6-10(8-13)9-14(13,17)11-4-2-1-3-5-11/h1-5,10,17H,6-9H2,(H2,15,16)/t10-,13+,14?/m0/s1. The van der Waals surface area contributed by atoms with E-state index in [1.54, 1.807) is 0 Å². The van der Waals surface area contributed by atoms with E-state index in [0.717, 1.165) is 24.8 Å². The fraction of sp³-hybridized carbons (Fsp3) is 0.500. The van der Waals surface area contributed by atoms with Gasteiger partial charge in [-0.3, -0.25) is 4.79 Å². The number of primary amides is 1. The second kappa shape index (κ2) is 3.33. The molecular weight excluding hydrogens is 214 g/mol. The topological polar surface area (TPSA) is 63.3 Å². The summed E-state index contributed by atoms with van der Waals surface area (Å²) in [6.07, 6.45) is 3.14. The van der Waals surface area contributed by atoms with E-state index < -0.39 is 11.0 Å². The van der Waals surface area contributed by atoms with Crippen molar-refractivity contribution in [2.45, 2.75) is 31.3 Å². The first kappa shape index (κ1) is 10.8. The maximum atomic E-state index is 11.8. The molecule has 2 saturated carbocycles. The van der Waals surface area contributed by atoms with Crippen LogP contribution in [0.15, 0.2) is 30.3 Å². The highest BCUT2D eigenvalue weighted by atomic mass is 16.3. The third kappa shape index (κ3) is 1.23. The van der Waals surface area contributed by atoms with Gasteiger partial charge < -0.3 is 10.8 Å². The Morgan fingerprint density at radius 1 is 1.29 bits per heavy atom. The van der Waals surface area contributed by atoms with Crippen LogP contribution in [0.2, 0.25) is 0 Å². The number of rotatable bonds is 2. The Morgan fingerprint density at radius 3 is 2.59 bits per heavy atom. The molecule has 0 aromatic heterocycles. The summed E-state index contributed by atoms with van der Waals surface area (Å²) in [6, 6.07) is 9.50. The van der Waals surface area contributed by atoms with Crippen LogP contribution < -0.4 is 5.73 Å². The number of fused-ring (bicyclic) bond motifs is 2. The van der Waals surface area contributed by atoms with E-state index >= 15 is 0 Å². The first-order valence-electron chi connectivity index (χ1n) is 6.16. The van der Waals surface area contributed by atoms with Crippen molar-refractivity contribution in [3.8, 4) is 0 Å². The number of hydrogen-bond donors (Lipinski definition) is 2. The average molecular weight is 231 g/mol. The molecular formula is C14H17NO2. The number of aliphatic hydroxyl groups is 1. The lowest BCUT2D eigenvalue weighted by molar-refractivity contribution is -0.146. The van der Waals surface area contributed by atoms with E-state index in [9.17, 15) is 9.90 Å². The number of amides is 1. The minimum atomic E-state index is -1.05. The highest BCUT2D eigenvalue weighted by Gasteiger charge is 2.65. The van der Waals surface area contributed by atoms with Crippen LogP contribution in [-0.2, 0) is 10.4 Å². The molecule has 1 aromatic carbocycles. The van der Waals surface area contributed by atoms with Crippen LogP contribution in [0.5, 0.6) is 0 Å². The van der Waals surface area contributed by atoms with Crippen molar-refractivity contribution >= 4 is 5.91 Å². The molecule has 3 rings (SSSR count). The van der Waals surface area contributed by atoms with Gasteiger partial charge in [0.05, 0.1) is 5.41 Å². The van der Waals surface area contributed by atoms with Crippen LogP contribution >= 0.6 is 0 Å². The Labute approximate surface area is 101 Å². The molecule has 2 fully saturated rings. The van der Waals surface area contributed by atoms with Gasteiger partial charge in [-0.2, -0.15) is 0 Å². The van der Waals surface area contributed by atoms with Gasteiger partial charge in [0.2, 0.25) is 5.91 Å². The second-order valence-corrected chi connectivity index (χ2v) is 5.49. The predicted octanol–water partition coefficient (Wildman–Crippen LogP) is 1.55. The molecule has 1 unspecified atom stereocenters. The Bertz CT molecular complexity index is 459. The summed E-state index contributed by atoms with van der Waals surface area (Å²) in [4.78, 5) is 11.8. The molecule has 2 bridgehead atoms. The van der Waals surface area contributed by atoms with Gasteiger partial charge in [0.25, 0.3) is 0 Å². The fourth-order valence-corrected chi connectivity index (χ4v) is 3.85. The first-order valence-corrected chi connectivity index (χ1v) is 6.16. The van der Waals surface area contributed by atoms with Crippen molar-refractivity contribution in [1.82, 2.24) is 0 Å². The van der Waals surface area contributed by atoms with Gasteiger partial charge in [-0.05, 0) is 37.2 Å². The molecule has 1 aromatic rings. The zero-order valence-corrected chi connectivity index (χ0v) is 9.73. The molecule has 0 heterocycles. The lowest BCUT2D eigenvalue weighted by atomic mass is 9.67. The molecule has 0 aliphatic heterocycles. The Balaban J connectivity index is 2.11. The number of hydrogen-bond acceptors (Lipinski definition) is 2. The van der Waals surface area contributed by atoms with Crippen molar-refractivity contribution in [2.24, 2.45) is 17.1 Å². The molecule has 2 aliphatic rings. The third-order valence-electron chi connectivity index (χ3n) is 4.72. The lowest BCUT2D eigenvalue weighted by Gasteiger charge is -2.41. The van der Waals surface area contributed by atoms with Crippen molar-refractivity contribution < 1.29 is 9.90 Å². The van der Waals surface area contributed by atoms with Crippen molar-refractivity contribution in [3.05, 3.63) is 35.9 Å². The van der Waals surface area contributed by atoms with E-state index in [1.165, 1.54) is 0 Å². The van der Waals surface area contributed by atoms with Gasteiger partial charge in [0.15, 0.2) is 0 Å². The van der Waals surface area contributed by atoms with E-state index in [0.29, 0.717) is 12.3 Å². The molecule has 0 saturated heterocycles. The first-order chi connectivity index (χ1) is 8.08. The van der Waals surface area contributed by atoms with Crippen LogP contribution in [0.25, 0.3) is 0 Å². The zero-order valence-electron chi connectivity index (χ0n) is 9.73. The van der Waals surface area contributed by atoms with Gasteiger partial charge in [0, 0.05) is 0 Å². The number of carbonyl (C=O) groups excluding carboxylic acids is 1. The van der Waals surface area contributed by atoms with Crippen LogP contribution in [-0.4, -0.2) is 11.0 Å². The van der Waals surface area contributed by atoms with Gasteiger partial charge in [-0.25, -0.2) is 0 Å². The summed E-state index contributed by atoms with van der Waals surface area (Å²) in [7, 11) is 0. The van der Waals surface area contributed by atoms with Gasteiger partial charge in [-0.15, -0.1) is 0 Å². The Morgan fingerprint density at radius 2 is 2.00 bits per heavy atom. The zero-order chi connectivity index (χ0) is 12.1. The van der Waals surface area contributed by atoms with Crippen molar-refractivity contribution in [1.29, 1.82) is 0 Å². The number of carbonyl (C=O) groups is 1. The van der Waals surface area contributed by atoms with Crippen molar-refractivity contribution in [3.63, 3.8) is 0 Å². The predicted molar refractivity (Wildman–Crippen MR) is 63.9 cm³/mol. The van der Waals surface area contributed by atoms with Crippen LogP contribution in [0, 0.1) is 11.3 Å². The molecule has 3 nitrogen and oxygen atoms in total. The molecule has 0 radical (unpaired) electrons. The monoisotopic (exact) mass is 231 g/mol. The number of nitrogens with two attached hydrogens (primary N) is 1. The quantitative estimate of drug-likeness (QED) is 0.811. The molecule has 0 spiro atoms. The highest BCUT2D eigenvalue weighted by Crippen LogP contribution is 2.63. The smallest absolute Gasteiger partial charge is 0.226 e. The molecule has 1 amide bonds. The largest absolute Gasteiger partial charge is 0.384 e. The molecule has 90 valence electrons. The van der Waals surface area contributed by atoms with Gasteiger partial charge in [-0.1, -0.05) is 30.3 Å². The third-order valence-corrected chi connectivity index (χ3v) is 4.72. The Kier molecular flexibility index (Phi) is 2.11. The van der Waals surface area contributed by atoms with E-state index in [-0.39, 0.29) is 5.91 Å². The molecule has 3 N–H and O–H groups in total. The van der Waals surface area contributed by atoms with Gasteiger partial charge in [0.1, 0.15) is 5.60 Å². The number of benzene rings is 1. The summed E-state index contributed by atoms with van der Waals surface area (Å²) in [6.45, 7) is 0. The molecule has 2 aliphatic carbocycles. The Hall–Kier alpha value is -1.35. The second-order valence-electron chi connectivity index (χ2n) is 5.49. The molecule has 3 heteroatoms. The van der Waals surface area contributed by atoms with E-state index in [4.69, 9.17) is 5.73 Å².